The lowest BCUT2D eigenvalue weighted by Crippen LogP contribution is -2.29. The maximum Gasteiger partial charge on any atom is 0.296 e. The second kappa shape index (κ2) is 10.1. The summed E-state index contributed by atoms with van der Waals surface area (Å²) in [5.74, 6) is -0.0533. The molecule has 0 saturated carbocycles. The number of aryl methyl sites for hydroxylation is 2. The first-order chi connectivity index (χ1) is 17.9. The summed E-state index contributed by atoms with van der Waals surface area (Å²) in [5, 5.41) is 11.3. The molecule has 1 atom stereocenters. The van der Waals surface area contributed by atoms with Gasteiger partial charge in [-0.15, -0.1) is 0 Å². The third-order valence-electron chi connectivity index (χ3n) is 6.46. The molecule has 0 spiro atoms. The van der Waals surface area contributed by atoms with E-state index in [1.165, 1.54) is 4.90 Å². The van der Waals surface area contributed by atoms with Crippen LogP contribution in [0.2, 0.25) is 0 Å². The summed E-state index contributed by atoms with van der Waals surface area (Å²) in [6.45, 7) is 4.39. The van der Waals surface area contributed by atoms with E-state index in [0.29, 0.717) is 29.4 Å². The first kappa shape index (κ1) is 24.1. The Labute approximate surface area is 214 Å². The molecule has 5 rings (SSSR count). The van der Waals surface area contributed by atoms with Crippen molar-refractivity contribution in [3.63, 3.8) is 0 Å². The van der Waals surface area contributed by atoms with Gasteiger partial charge in [0.25, 0.3) is 11.7 Å². The van der Waals surface area contributed by atoms with Gasteiger partial charge >= 0.3 is 0 Å². The number of pyridine rings is 1. The van der Waals surface area contributed by atoms with Crippen molar-refractivity contribution in [3.05, 3.63) is 125 Å². The maximum absolute atomic E-state index is 13.2. The molecule has 0 aliphatic carbocycles. The minimum atomic E-state index is -0.862. The predicted molar refractivity (Wildman–Crippen MR) is 137 cm³/mol. The first-order valence-electron chi connectivity index (χ1n) is 11.9. The number of rotatable bonds is 7. The van der Waals surface area contributed by atoms with Crippen LogP contribution in [-0.2, 0) is 22.7 Å². The number of carbonyl (C=O) groups excluding carboxylic acids is 2. The van der Waals surface area contributed by atoms with E-state index < -0.39 is 17.7 Å². The van der Waals surface area contributed by atoms with Crippen molar-refractivity contribution in [3.8, 4) is 5.75 Å². The van der Waals surface area contributed by atoms with Crippen LogP contribution >= 0.6 is 0 Å². The Kier molecular flexibility index (Phi) is 6.60. The molecule has 3 heterocycles. The summed E-state index contributed by atoms with van der Waals surface area (Å²) in [7, 11) is 0. The standard InChI is InChI=1S/C30H26N2O5/c1-19-5-3-4-6-23(19)18-36-24-10-8-22(9-11-24)28(33)26-27(25-12-7-20(2)37-25)32(30(35)29(26)34)17-21-13-15-31-16-14-21/h3-16,27,33H,17-18H2,1-2H3. The molecule has 2 aromatic carbocycles. The van der Waals surface area contributed by atoms with Gasteiger partial charge in [0, 0.05) is 24.5 Å². The Balaban J connectivity index is 1.46. The van der Waals surface area contributed by atoms with Crippen LogP contribution in [0.15, 0.2) is 95.2 Å². The van der Waals surface area contributed by atoms with Crippen molar-refractivity contribution in [2.45, 2.75) is 33.0 Å². The van der Waals surface area contributed by atoms with Crippen molar-refractivity contribution in [1.82, 2.24) is 9.88 Å². The van der Waals surface area contributed by atoms with Crippen LogP contribution in [-0.4, -0.2) is 26.7 Å². The highest BCUT2D eigenvalue weighted by Gasteiger charge is 2.47. The number of carbonyl (C=O) groups is 2. The fraction of sp³-hybridized carbons (Fsp3) is 0.167. The van der Waals surface area contributed by atoms with Crippen molar-refractivity contribution < 1.29 is 23.8 Å². The number of benzene rings is 2. The molecular formula is C30H26N2O5. The number of likely N-dealkylation sites (tertiary alicyclic amines) is 1. The maximum atomic E-state index is 13.2. The largest absolute Gasteiger partial charge is 0.507 e. The van der Waals surface area contributed by atoms with Crippen LogP contribution in [0, 0.1) is 13.8 Å². The number of nitrogens with zero attached hydrogens (tertiary/aromatic N) is 2. The van der Waals surface area contributed by atoms with Gasteiger partial charge in [0.1, 0.15) is 35.7 Å². The third-order valence-corrected chi connectivity index (χ3v) is 6.46. The Hall–Kier alpha value is -4.65. The quantitative estimate of drug-likeness (QED) is 0.207. The second-order valence-electron chi connectivity index (χ2n) is 8.97. The van der Waals surface area contributed by atoms with Gasteiger partial charge in [-0.3, -0.25) is 14.6 Å². The van der Waals surface area contributed by atoms with Gasteiger partial charge in [-0.2, -0.15) is 0 Å². The fourth-order valence-corrected chi connectivity index (χ4v) is 4.42. The Morgan fingerprint density at radius 3 is 2.38 bits per heavy atom. The SMILES string of the molecule is Cc1ccc(C2C(=C(O)c3ccc(OCc4ccccc4C)cc3)C(=O)C(=O)N2Cc2ccncc2)o1. The number of hydrogen-bond acceptors (Lipinski definition) is 6. The molecule has 4 aromatic rings. The molecule has 0 bridgehead atoms. The van der Waals surface area contributed by atoms with E-state index in [0.717, 1.165) is 16.7 Å². The molecule has 1 aliphatic heterocycles. The van der Waals surface area contributed by atoms with Gasteiger partial charge in [-0.1, -0.05) is 24.3 Å². The van der Waals surface area contributed by atoms with E-state index in [1.807, 2.05) is 31.2 Å². The van der Waals surface area contributed by atoms with E-state index in [-0.39, 0.29) is 17.9 Å². The van der Waals surface area contributed by atoms with E-state index in [4.69, 9.17) is 9.15 Å². The van der Waals surface area contributed by atoms with E-state index >= 15 is 0 Å². The molecule has 1 saturated heterocycles. The average molecular weight is 495 g/mol. The number of ketones is 1. The number of furan rings is 1. The monoisotopic (exact) mass is 494 g/mol. The van der Waals surface area contributed by atoms with Crippen LogP contribution in [0.5, 0.6) is 5.75 Å². The molecule has 1 fully saturated rings. The molecule has 2 aromatic heterocycles. The highest BCUT2D eigenvalue weighted by Crippen LogP contribution is 2.41. The summed E-state index contributed by atoms with van der Waals surface area (Å²) >= 11 is 0. The highest BCUT2D eigenvalue weighted by molar-refractivity contribution is 6.46. The Morgan fingerprint density at radius 1 is 0.973 bits per heavy atom. The molecule has 7 heteroatoms. The Morgan fingerprint density at radius 2 is 1.70 bits per heavy atom. The molecule has 7 nitrogen and oxygen atoms in total. The summed E-state index contributed by atoms with van der Waals surface area (Å²) in [4.78, 5) is 31.7. The summed E-state index contributed by atoms with van der Waals surface area (Å²) < 4.78 is 11.7. The molecular weight excluding hydrogens is 468 g/mol. The first-order valence-corrected chi connectivity index (χ1v) is 11.9. The second-order valence-corrected chi connectivity index (χ2v) is 8.97. The van der Waals surface area contributed by atoms with E-state index in [2.05, 4.69) is 4.98 Å². The molecule has 186 valence electrons. The van der Waals surface area contributed by atoms with Gasteiger partial charge < -0.3 is 19.2 Å². The third kappa shape index (κ3) is 4.89. The van der Waals surface area contributed by atoms with Crippen molar-refractivity contribution >= 4 is 17.4 Å². The molecule has 37 heavy (non-hydrogen) atoms. The number of aliphatic hydroxyl groups excluding tert-OH is 1. The van der Waals surface area contributed by atoms with Gasteiger partial charge in [0.05, 0.1) is 5.57 Å². The van der Waals surface area contributed by atoms with Crippen molar-refractivity contribution in [2.75, 3.05) is 0 Å². The molecule has 1 aliphatic rings. The number of amides is 1. The zero-order valence-corrected chi connectivity index (χ0v) is 20.5. The van der Waals surface area contributed by atoms with Crippen molar-refractivity contribution in [1.29, 1.82) is 0 Å². The predicted octanol–water partition coefficient (Wildman–Crippen LogP) is 5.49. The summed E-state index contributed by atoms with van der Waals surface area (Å²) in [6, 6.07) is 21.0. The van der Waals surface area contributed by atoms with Crippen LogP contribution in [0.4, 0.5) is 0 Å². The summed E-state index contributed by atoms with van der Waals surface area (Å²) in [6.07, 6.45) is 3.25. The average Bonchev–Trinajstić information content (AvgIpc) is 3.45. The molecule has 1 N–H and O–H groups in total. The lowest BCUT2D eigenvalue weighted by atomic mass is 9.99. The zero-order valence-electron chi connectivity index (χ0n) is 20.5. The fourth-order valence-electron chi connectivity index (χ4n) is 4.42. The van der Waals surface area contributed by atoms with Crippen LogP contribution < -0.4 is 4.74 Å². The van der Waals surface area contributed by atoms with Gasteiger partial charge in [0.15, 0.2) is 0 Å². The molecule has 0 radical (unpaired) electrons. The van der Waals surface area contributed by atoms with Crippen LogP contribution in [0.1, 0.15) is 39.8 Å². The lowest BCUT2D eigenvalue weighted by molar-refractivity contribution is -0.140. The number of Topliss-reactive ketones (excluding diaryl/α,β-unsaturated/α-hetero) is 1. The van der Waals surface area contributed by atoms with Crippen LogP contribution in [0.3, 0.4) is 0 Å². The number of hydrogen-bond donors (Lipinski definition) is 1. The van der Waals surface area contributed by atoms with Gasteiger partial charge in [-0.05, 0) is 79.1 Å². The van der Waals surface area contributed by atoms with Crippen molar-refractivity contribution in [2.24, 2.45) is 0 Å². The van der Waals surface area contributed by atoms with Gasteiger partial charge in [-0.25, -0.2) is 0 Å². The Bertz CT molecular complexity index is 1470. The minimum Gasteiger partial charge on any atom is -0.507 e. The van der Waals surface area contributed by atoms with E-state index in [1.54, 1.807) is 67.8 Å². The normalized spacial score (nSPS) is 16.8. The zero-order chi connectivity index (χ0) is 25.9. The smallest absolute Gasteiger partial charge is 0.296 e. The van der Waals surface area contributed by atoms with Crippen LogP contribution in [0.25, 0.3) is 5.76 Å². The number of ether oxygens (including phenoxy) is 1. The molecule has 1 amide bonds. The lowest BCUT2D eigenvalue weighted by Gasteiger charge is -2.23. The molecule has 1 unspecified atom stereocenters. The number of aromatic nitrogens is 1. The number of aliphatic hydroxyl groups is 1. The minimum absolute atomic E-state index is 0.0121. The topological polar surface area (TPSA) is 92.9 Å². The van der Waals surface area contributed by atoms with E-state index in [9.17, 15) is 14.7 Å². The summed E-state index contributed by atoms with van der Waals surface area (Å²) in [5.41, 5.74) is 3.42. The highest BCUT2D eigenvalue weighted by atomic mass is 16.5. The van der Waals surface area contributed by atoms with Gasteiger partial charge in [0.2, 0.25) is 0 Å².